The first-order chi connectivity index (χ1) is 8.29. The van der Waals surface area contributed by atoms with E-state index in [2.05, 4.69) is 21.7 Å². The molecule has 0 aliphatic heterocycles. The summed E-state index contributed by atoms with van der Waals surface area (Å²) in [5.74, 6) is 0.527. The van der Waals surface area contributed by atoms with E-state index in [0.717, 1.165) is 28.2 Å². The lowest BCUT2D eigenvalue weighted by molar-refractivity contribution is 0.561. The molecule has 0 fully saturated rings. The molecule has 2 heterocycles. The minimum absolute atomic E-state index is 0.527. The number of hydrogen-bond donors (Lipinski definition) is 0. The van der Waals surface area contributed by atoms with Crippen molar-refractivity contribution in [2.45, 2.75) is 13.5 Å². The van der Waals surface area contributed by atoms with E-state index in [4.69, 9.17) is 16.0 Å². The van der Waals surface area contributed by atoms with Crippen LogP contribution >= 0.6 is 11.6 Å². The molecule has 0 saturated carbocycles. The topological polar surface area (TPSA) is 43.9 Å². The zero-order valence-corrected chi connectivity index (χ0v) is 9.98. The molecule has 3 rings (SSSR count). The molecule has 0 bridgehead atoms. The van der Waals surface area contributed by atoms with Crippen molar-refractivity contribution in [1.82, 2.24) is 14.8 Å². The first-order valence-electron chi connectivity index (χ1n) is 5.35. The van der Waals surface area contributed by atoms with Gasteiger partial charge < -0.3 is 8.98 Å². The van der Waals surface area contributed by atoms with Gasteiger partial charge in [-0.25, -0.2) is 0 Å². The predicted octanol–water partition coefficient (Wildman–Crippen LogP) is 3.36. The fourth-order valence-electron chi connectivity index (χ4n) is 2.03. The van der Waals surface area contributed by atoms with Gasteiger partial charge in [0.25, 0.3) is 5.89 Å². The molecule has 5 heteroatoms. The van der Waals surface area contributed by atoms with Crippen LogP contribution in [0.15, 0.2) is 35.1 Å². The second kappa shape index (κ2) is 3.89. The minimum Gasteiger partial charge on any atom is -0.422 e. The van der Waals surface area contributed by atoms with Crippen LogP contribution in [0.25, 0.3) is 22.5 Å². The lowest BCUT2D eigenvalue weighted by Crippen LogP contribution is -1.96. The quantitative estimate of drug-likeness (QED) is 0.697. The molecule has 0 N–H and O–H groups in total. The predicted molar refractivity (Wildman–Crippen MR) is 65.9 cm³/mol. The van der Waals surface area contributed by atoms with Gasteiger partial charge in [-0.05, 0) is 25.1 Å². The number of hydrogen-bond acceptors (Lipinski definition) is 3. The van der Waals surface area contributed by atoms with Gasteiger partial charge in [0.05, 0.1) is 5.52 Å². The van der Waals surface area contributed by atoms with Crippen molar-refractivity contribution in [3.05, 3.63) is 35.7 Å². The summed E-state index contributed by atoms with van der Waals surface area (Å²) in [4.78, 5) is 0. The standard InChI is InChI=1S/C12H10ClN3O/c1-2-16-10-6-9(13)4-3-8(10)5-11(16)12-15-14-7-17-12/h3-7H,2H2,1H3. The number of halogens is 1. The van der Waals surface area contributed by atoms with Gasteiger partial charge in [-0.2, -0.15) is 0 Å². The number of aromatic nitrogens is 3. The van der Waals surface area contributed by atoms with Gasteiger partial charge in [0.2, 0.25) is 6.39 Å². The van der Waals surface area contributed by atoms with Crippen molar-refractivity contribution >= 4 is 22.5 Å². The molecule has 4 nitrogen and oxygen atoms in total. The zero-order chi connectivity index (χ0) is 11.8. The highest BCUT2D eigenvalue weighted by Crippen LogP contribution is 2.28. The van der Waals surface area contributed by atoms with Crippen LogP contribution in [0.1, 0.15) is 6.92 Å². The second-order valence-electron chi connectivity index (χ2n) is 3.72. The molecule has 0 radical (unpaired) electrons. The Balaban J connectivity index is 2.32. The summed E-state index contributed by atoms with van der Waals surface area (Å²) in [7, 11) is 0. The van der Waals surface area contributed by atoms with Gasteiger partial charge in [-0.15, -0.1) is 10.2 Å². The first kappa shape index (κ1) is 10.4. The summed E-state index contributed by atoms with van der Waals surface area (Å²) in [6, 6.07) is 7.84. The molecular formula is C12H10ClN3O. The molecular weight excluding hydrogens is 238 g/mol. The van der Waals surface area contributed by atoms with E-state index in [1.165, 1.54) is 6.39 Å². The van der Waals surface area contributed by atoms with Crippen molar-refractivity contribution in [3.8, 4) is 11.6 Å². The van der Waals surface area contributed by atoms with Gasteiger partial charge in [-0.3, -0.25) is 0 Å². The molecule has 0 atom stereocenters. The molecule has 0 spiro atoms. The average Bonchev–Trinajstić information content (AvgIpc) is 2.94. The monoisotopic (exact) mass is 247 g/mol. The summed E-state index contributed by atoms with van der Waals surface area (Å²) in [5, 5.41) is 9.49. The van der Waals surface area contributed by atoms with Crippen molar-refractivity contribution in [1.29, 1.82) is 0 Å². The Morgan fingerprint density at radius 1 is 1.35 bits per heavy atom. The highest BCUT2D eigenvalue weighted by molar-refractivity contribution is 6.31. The first-order valence-corrected chi connectivity index (χ1v) is 5.72. The van der Waals surface area contributed by atoms with E-state index in [-0.39, 0.29) is 0 Å². The maximum atomic E-state index is 6.02. The molecule has 3 aromatic rings. The molecule has 0 unspecified atom stereocenters. The minimum atomic E-state index is 0.527. The van der Waals surface area contributed by atoms with Crippen LogP contribution < -0.4 is 0 Å². The van der Waals surface area contributed by atoms with Crippen LogP contribution in [0.5, 0.6) is 0 Å². The summed E-state index contributed by atoms with van der Waals surface area (Å²) in [6.07, 6.45) is 1.33. The lowest BCUT2D eigenvalue weighted by Gasteiger charge is -2.04. The second-order valence-corrected chi connectivity index (χ2v) is 4.16. The van der Waals surface area contributed by atoms with Crippen molar-refractivity contribution in [3.63, 3.8) is 0 Å². The third-order valence-corrected chi connectivity index (χ3v) is 3.00. The number of nitrogens with zero attached hydrogens (tertiary/aromatic N) is 3. The number of fused-ring (bicyclic) bond motifs is 1. The molecule has 1 aromatic carbocycles. The Labute approximate surface area is 103 Å². The van der Waals surface area contributed by atoms with Crippen LogP contribution in [-0.4, -0.2) is 14.8 Å². The SMILES string of the molecule is CCn1c(-c2nnco2)cc2ccc(Cl)cc21. The van der Waals surface area contributed by atoms with Crippen molar-refractivity contribution in [2.24, 2.45) is 0 Å². The zero-order valence-electron chi connectivity index (χ0n) is 9.22. The van der Waals surface area contributed by atoms with E-state index in [1.54, 1.807) is 0 Å². The normalized spacial score (nSPS) is 11.2. The van der Waals surface area contributed by atoms with Crippen LogP contribution in [0, 0.1) is 0 Å². The van der Waals surface area contributed by atoms with E-state index < -0.39 is 0 Å². The molecule has 86 valence electrons. The molecule has 0 aliphatic rings. The Morgan fingerprint density at radius 3 is 2.94 bits per heavy atom. The van der Waals surface area contributed by atoms with Crippen LogP contribution in [0.4, 0.5) is 0 Å². The van der Waals surface area contributed by atoms with Gasteiger partial charge in [0.15, 0.2) is 0 Å². The third-order valence-electron chi connectivity index (χ3n) is 2.76. The third kappa shape index (κ3) is 1.61. The Kier molecular flexibility index (Phi) is 2.37. The number of aryl methyl sites for hydroxylation is 1. The van der Waals surface area contributed by atoms with Gasteiger partial charge in [0.1, 0.15) is 5.69 Å². The Bertz CT molecular complexity index is 658. The van der Waals surface area contributed by atoms with Crippen LogP contribution in [0.3, 0.4) is 0 Å². The van der Waals surface area contributed by atoms with E-state index in [1.807, 2.05) is 24.3 Å². The van der Waals surface area contributed by atoms with Gasteiger partial charge in [0, 0.05) is 17.0 Å². The number of rotatable bonds is 2. The number of benzene rings is 1. The van der Waals surface area contributed by atoms with E-state index in [0.29, 0.717) is 5.89 Å². The molecule has 0 aliphatic carbocycles. The average molecular weight is 248 g/mol. The van der Waals surface area contributed by atoms with Crippen molar-refractivity contribution < 1.29 is 4.42 Å². The largest absolute Gasteiger partial charge is 0.422 e. The fraction of sp³-hybridized carbons (Fsp3) is 0.167. The van der Waals surface area contributed by atoms with Gasteiger partial charge >= 0.3 is 0 Å². The van der Waals surface area contributed by atoms with Crippen LogP contribution in [0.2, 0.25) is 5.02 Å². The summed E-state index contributed by atoms with van der Waals surface area (Å²) >= 11 is 6.02. The Hall–Kier alpha value is -1.81. The molecule has 2 aromatic heterocycles. The Morgan fingerprint density at radius 2 is 2.24 bits per heavy atom. The maximum Gasteiger partial charge on any atom is 0.264 e. The maximum absolute atomic E-state index is 6.02. The fourth-order valence-corrected chi connectivity index (χ4v) is 2.20. The van der Waals surface area contributed by atoms with E-state index in [9.17, 15) is 0 Å². The van der Waals surface area contributed by atoms with Crippen molar-refractivity contribution in [2.75, 3.05) is 0 Å². The smallest absolute Gasteiger partial charge is 0.264 e. The highest BCUT2D eigenvalue weighted by atomic mass is 35.5. The molecule has 0 saturated heterocycles. The molecule has 17 heavy (non-hydrogen) atoms. The summed E-state index contributed by atoms with van der Waals surface area (Å²) in [6.45, 7) is 2.89. The highest BCUT2D eigenvalue weighted by Gasteiger charge is 2.13. The van der Waals surface area contributed by atoms with Crippen LogP contribution in [-0.2, 0) is 6.54 Å². The van der Waals surface area contributed by atoms with Gasteiger partial charge in [-0.1, -0.05) is 17.7 Å². The summed E-state index contributed by atoms with van der Waals surface area (Å²) in [5.41, 5.74) is 2.00. The summed E-state index contributed by atoms with van der Waals surface area (Å²) < 4.78 is 7.35. The molecule has 0 amide bonds. The van der Waals surface area contributed by atoms with E-state index >= 15 is 0 Å². The lowest BCUT2D eigenvalue weighted by atomic mass is 10.2.